The Labute approximate surface area is 173 Å². The molecule has 2 aliphatic rings. The highest BCUT2D eigenvalue weighted by molar-refractivity contribution is 6.42. The molecule has 28 heavy (non-hydrogen) atoms. The molecule has 8 heteroatoms. The molecule has 1 aliphatic carbocycles. The monoisotopic (exact) mass is 424 g/mol. The van der Waals surface area contributed by atoms with E-state index in [0.29, 0.717) is 18.7 Å². The van der Waals surface area contributed by atoms with Gasteiger partial charge in [-0.25, -0.2) is 4.39 Å². The number of carbonyl (C=O) groups is 1. The molecule has 0 bridgehead atoms. The van der Waals surface area contributed by atoms with Crippen LogP contribution in [0.2, 0.25) is 10.0 Å². The molecule has 5 nitrogen and oxygen atoms in total. The molecule has 2 aromatic rings. The van der Waals surface area contributed by atoms with Crippen molar-refractivity contribution < 1.29 is 9.18 Å². The van der Waals surface area contributed by atoms with E-state index in [4.69, 9.17) is 23.2 Å². The van der Waals surface area contributed by atoms with Crippen molar-refractivity contribution in [1.82, 2.24) is 20.1 Å². The molecule has 2 atom stereocenters. The lowest BCUT2D eigenvalue weighted by molar-refractivity contribution is -0.126. The Bertz CT molecular complexity index is 923. The predicted molar refractivity (Wildman–Crippen MR) is 106 cm³/mol. The van der Waals surface area contributed by atoms with E-state index in [9.17, 15) is 9.18 Å². The molecule has 1 aromatic heterocycles. The molecule has 1 aromatic carbocycles. The van der Waals surface area contributed by atoms with Gasteiger partial charge in [0.2, 0.25) is 5.91 Å². The summed E-state index contributed by atoms with van der Waals surface area (Å²) >= 11 is 12.6. The van der Waals surface area contributed by atoms with Gasteiger partial charge in [-0.15, -0.1) is 10.2 Å². The standard InChI is InChI=1S/C20H23Cl2FN4O/c1-11-25-26-15-8-7-14(27(11)15)19(28)24-18(20(2)9-3-4-10-20)16-13(23)6-5-12(21)17(16)22/h5-6,14,18H,3-4,7-10H2,1-2H3,(H,24,28). The Morgan fingerprint density at radius 3 is 2.75 bits per heavy atom. The summed E-state index contributed by atoms with van der Waals surface area (Å²) in [4.78, 5) is 13.3. The van der Waals surface area contributed by atoms with Crippen LogP contribution in [0.15, 0.2) is 12.1 Å². The van der Waals surface area contributed by atoms with Crippen molar-refractivity contribution in [2.24, 2.45) is 5.41 Å². The molecule has 1 aliphatic heterocycles. The van der Waals surface area contributed by atoms with Gasteiger partial charge in [-0.3, -0.25) is 4.79 Å². The maximum atomic E-state index is 14.9. The first-order valence-corrected chi connectivity index (χ1v) is 10.4. The second kappa shape index (κ2) is 7.30. The van der Waals surface area contributed by atoms with Crippen LogP contribution in [-0.2, 0) is 11.2 Å². The van der Waals surface area contributed by atoms with Gasteiger partial charge in [0.1, 0.15) is 23.5 Å². The van der Waals surface area contributed by atoms with Gasteiger partial charge in [-0.1, -0.05) is 43.0 Å². The zero-order chi connectivity index (χ0) is 20.1. The summed E-state index contributed by atoms with van der Waals surface area (Å²) in [5.41, 5.74) is -0.000268. The van der Waals surface area contributed by atoms with E-state index in [1.807, 2.05) is 11.5 Å². The number of hydrogen-bond donors (Lipinski definition) is 1. The minimum Gasteiger partial charge on any atom is -0.347 e. The van der Waals surface area contributed by atoms with E-state index in [-0.39, 0.29) is 26.9 Å². The molecule has 1 N–H and O–H groups in total. The van der Waals surface area contributed by atoms with E-state index in [2.05, 4.69) is 22.4 Å². The predicted octanol–water partition coefficient (Wildman–Crippen LogP) is 4.96. The number of aryl methyl sites for hydroxylation is 2. The van der Waals surface area contributed by atoms with Crippen molar-refractivity contribution in [2.45, 2.75) is 64.5 Å². The zero-order valence-corrected chi connectivity index (χ0v) is 17.4. The lowest BCUT2D eigenvalue weighted by atomic mass is 9.77. The van der Waals surface area contributed by atoms with Crippen LogP contribution < -0.4 is 5.32 Å². The van der Waals surface area contributed by atoms with Crippen molar-refractivity contribution in [3.63, 3.8) is 0 Å². The number of carbonyl (C=O) groups excluding carboxylic acids is 1. The fourth-order valence-electron chi connectivity index (χ4n) is 4.74. The Balaban J connectivity index is 1.71. The molecule has 2 heterocycles. The number of fused-ring (bicyclic) bond motifs is 1. The molecule has 1 fully saturated rings. The molecule has 1 saturated carbocycles. The molecule has 0 spiro atoms. The van der Waals surface area contributed by atoms with Crippen LogP contribution >= 0.6 is 23.2 Å². The normalized spacial score (nSPS) is 21.5. The highest BCUT2D eigenvalue weighted by Gasteiger charge is 2.43. The van der Waals surface area contributed by atoms with Gasteiger partial charge in [-0.2, -0.15) is 0 Å². The Kier molecular flexibility index (Phi) is 5.12. The van der Waals surface area contributed by atoms with Gasteiger partial charge in [0.25, 0.3) is 0 Å². The fraction of sp³-hybridized carbons (Fsp3) is 0.550. The summed E-state index contributed by atoms with van der Waals surface area (Å²) in [6.45, 7) is 3.93. The van der Waals surface area contributed by atoms with Gasteiger partial charge in [0.15, 0.2) is 0 Å². The van der Waals surface area contributed by atoms with E-state index in [1.54, 1.807) is 0 Å². The van der Waals surface area contributed by atoms with E-state index in [1.165, 1.54) is 12.1 Å². The van der Waals surface area contributed by atoms with E-state index < -0.39 is 17.9 Å². The first-order valence-electron chi connectivity index (χ1n) is 9.66. The third kappa shape index (κ3) is 3.20. The van der Waals surface area contributed by atoms with Gasteiger partial charge in [0, 0.05) is 12.0 Å². The number of nitrogens with zero attached hydrogens (tertiary/aromatic N) is 3. The average Bonchev–Trinajstić information content (AvgIpc) is 3.36. The van der Waals surface area contributed by atoms with Crippen LogP contribution in [0.25, 0.3) is 0 Å². The van der Waals surface area contributed by atoms with Gasteiger partial charge in [0.05, 0.1) is 16.1 Å². The van der Waals surface area contributed by atoms with E-state index in [0.717, 1.165) is 31.5 Å². The smallest absolute Gasteiger partial charge is 0.243 e. The van der Waals surface area contributed by atoms with Crippen LogP contribution in [0.5, 0.6) is 0 Å². The minimum absolute atomic E-state index is 0.157. The fourth-order valence-corrected chi connectivity index (χ4v) is 5.17. The molecule has 1 amide bonds. The summed E-state index contributed by atoms with van der Waals surface area (Å²) in [6.07, 6.45) is 5.23. The third-order valence-corrected chi connectivity index (χ3v) is 7.11. The second-order valence-corrected chi connectivity index (χ2v) is 8.93. The number of amides is 1. The average molecular weight is 425 g/mol. The van der Waals surface area contributed by atoms with Gasteiger partial charge < -0.3 is 9.88 Å². The van der Waals surface area contributed by atoms with Crippen molar-refractivity contribution in [3.8, 4) is 0 Å². The molecule has 0 saturated heterocycles. The Morgan fingerprint density at radius 2 is 2.04 bits per heavy atom. The number of nitrogens with one attached hydrogen (secondary N) is 1. The Morgan fingerprint density at radius 1 is 1.32 bits per heavy atom. The summed E-state index contributed by atoms with van der Waals surface area (Å²) in [5, 5.41) is 11.8. The largest absolute Gasteiger partial charge is 0.347 e. The van der Waals surface area contributed by atoms with Crippen LogP contribution in [0.3, 0.4) is 0 Å². The van der Waals surface area contributed by atoms with Crippen molar-refractivity contribution in [2.75, 3.05) is 0 Å². The van der Waals surface area contributed by atoms with Crippen LogP contribution in [0.1, 0.15) is 68.3 Å². The van der Waals surface area contributed by atoms with Crippen molar-refractivity contribution >= 4 is 29.1 Å². The number of aromatic nitrogens is 3. The number of rotatable bonds is 4. The second-order valence-electron chi connectivity index (χ2n) is 8.15. The number of hydrogen-bond acceptors (Lipinski definition) is 3. The van der Waals surface area contributed by atoms with Crippen LogP contribution in [0, 0.1) is 18.2 Å². The molecular formula is C20H23Cl2FN4O. The Hall–Kier alpha value is -1.66. The third-order valence-electron chi connectivity index (χ3n) is 6.29. The number of halogens is 3. The molecule has 0 radical (unpaired) electrons. The quantitative estimate of drug-likeness (QED) is 0.705. The molecular weight excluding hydrogens is 402 g/mol. The summed E-state index contributed by atoms with van der Waals surface area (Å²) in [6, 6.07) is 1.83. The SMILES string of the molecule is Cc1nnc2n1C(C(=O)NC(c1c(F)ccc(Cl)c1Cl)C1(C)CCCC1)CC2. The summed E-state index contributed by atoms with van der Waals surface area (Å²) in [5.74, 6) is 0.923. The zero-order valence-electron chi connectivity index (χ0n) is 15.9. The maximum absolute atomic E-state index is 14.9. The first-order chi connectivity index (χ1) is 13.3. The lowest BCUT2D eigenvalue weighted by Gasteiger charge is -2.36. The maximum Gasteiger partial charge on any atom is 0.243 e. The van der Waals surface area contributed by atoms with Crippen LogP contribution in [-0.4, -0.2) is 20.7 Å². The van der Waals surface area contributed by atoms with Crippen LogP contribution in [0.4, 0.5) is 4.39 Å². The molecule has 4 rings (SSSR count). The topological polar surface area (TPSA) is 59.8 Å². The molecule has 150 valence electrons. The van der Waals surface area contributed by atoms with Gasteiger partial charge in [-0.05, 0) is 43.7 Å². The highest BCUT2D eigenvalue weighted by atomic mass is 35.5. The van der Waals surface area contributed by atoms with Crippen molar-refractivity contribution in [1.29, 1.82) is 0 Å². The van der Waals surface area contributed by atoms with E-state index >= 15 is 0 Å². The first kappa shape index (κ1) is 19.6. The number of benzene rings is 1. The highest BCUT2D eigenvalue weighted by Crippen LogP contribution is 2.50. The molecule has 2 unspecified atom stereocenters. The minimum atomic E-state index is -0.547. The summed E-state index contributed by atoms with van der Waals surface area (Å²) < 4.78 is 16.7. The lowest BCUT2D eigenvalue weighted by Crippen LogP contribution is -2.42. The van der Waals surface area contributed by atoms with Crippen molar-refractivity contribution in [3.05, 3.63) is 45.2 Å². The summed E-state index contributed by atoms with van der Waals surface area (Å²) in [7, 11) is 0. The van der Waals surface area contributed by atoms with Gasteiger partial charge >= 0.3 is 0 Å².